The summed E-state index contributed by atoms with van der Waals surface area (Å²) in [5, 5.41) is 3.50. The number of nitrogens with one attached hydrogen (secondary N) is 1. The smallest absolute Gasteiger partial charge is 0.372 e. The van der Waals surface area contributed by atoms with Crippen molar-refractivity contribution in [1.29, 1.82) is 0 Å². The molecule has 1 atom stereocenters. The van der Waals surface area contributed by atoms with Crippen LogP contribution in [0.5, 0.6) is 0 Å². The van der Waals surface area contributed by atoms with E-state index in [1.807, 2.05) is 41.1 Å². The summed E-state index contributed by atoms with van der Waals surface area (Å²) in [5.74, 6) is -0.350. The number of hydrogen-bond acceptors (Lipinski definition) is 2. The quantitative estimate of drug-likeness (QED) is 0.266. The first-order valence-corrected chi connectivity index (χ1v) is 11.8. The minimum absolute atomic E-state index is 0.0208. The zero-order valence-corrected chi connectivity index (χ0v) is 20.1. The number of fused-ring (bicyclic) bond motifs is 4. The number of likely N-dealkylation sites (tertiary alicyclic amines) is 1. The van der Waals surface area contributed by atoms with Crippen molar-refractivity contribution in [2.24, 2.45) is 0 Å². The summed E-state index contributed by atoms with van der Waals surface area (Å²) in [6.45, 7) is -0.161. The number of carbonyl (C=O) groups excluding carboxylic acids is 1. The number of hydrogen-bond donors (Lipinski definition) is 1. The molecule has 4 nitrogen and oxygen atoms in total. The molecule has 1 amide bonds. The van der Waals surface area contributed by atoms with E-state index in [9.17, 15) is 31.1 Å². The van der Waals surface area contributed by atoms with Crippen molar-refractivity contribution < 1.29 is 31.1 Å². The molecule has 5 rings (SSSR count). The van der Waals surface area contributed by atoms with Crippen molar-refractivity contribution in [2.75, 3.05) is 11.9 Å². The lowest BCUT2D eigenvalue weighted by Gasteiger charge is -2.45. The molecule has 0 aliphatic carbocycles. The Kier molecular flexibility index (Phi) is 5.61. The summed E-state index contributed by atoms with van der Waals surface area (Å²) in [6.07, 6.45) is -7.50. The third-order valence-electron chi connectivity index (χ3n) is 6.47. The normalized spacial score (nSPS) is 20.0. The highest BCUT2D eigenvalue weighted by Crippen LogP contribution is 2.44. The van der Waals surface area contributed by atoms with Gasteiger partial charge in [0.2, 0.25) is 5.91 Å². The van der Waals surface area contributed by atoms with Gasteiger partial charge in [-0.2, -0.15) is 26.3 Å². The highest BCUT2D eigenvalue weighted by molar-refractivity contribution is 14.1. The standard InChI is InChI=1S/C24H18F6IN3O/c25-23(26,27)15-8-14(9-16(10-15)24(28,29)30)13-33-7-5-22(12-21(33)35)20-2-1-6-34(20)19-4-3-17(31)11-18(19)32-22/h1-4,6,8-11,32H,5,7,12-13H2. The van der Waals surface area contributed by atoms with Gasteiger partial charge in [0.25, 0.3) is 0 Å². The number of benzene rings is 2. The second kappa shape index (κ2) is 8.17. The second-order valence-corrected chi connectivity index (χ2v) is 10.0. The number of alkyl halides is 6. The van der Waals surface area contributed by atoms with Gasteiger partial charge in [-0.15, -0.1) is 0 Å². The highest BCUT2D eigenvalue weighted by Gasteiger charge is 2.45. The predicted molar refractivity (Wildman–Crippen MR) is 125 cm³/mol. The molecule has 1 aromatic heterocycles. The van der Waals surface area contributed by atoms with Gasteiger partial charge in [-0.25, -0.2) is 0 Å². The Morgan fingerprint density at radius 2 is 1.66 bits per heavy atom. The second-order valence-electron chi connectivity index (χ2n) is 8.79. The van der Waals surface area contributed by atoms with Crippen LogP contribution in [0.1, 0.15) is 35.2 Å². The molecule has 1 fully saturated rings. The third-order valence-corrected chi connectivity index (χ3v) is 7.14. The van der Waals surface area contributed by atoms with Crippen LogP contribution in [-0.4, -0.2) is 21.9 Å². The number of halogens is 7. The van der Waals surface area contributed by atoms with Crippen LogP contribution in [0.25, 0.3) is 5.69 Å². The molecule has 2 aliphatic rings. The zero-order valence-electron chi connectivity index (χ0n) is 18.0. The average Bonchev–Trinajstić information content (AvgIpc) is 3.25. The Balaban J connectivity index is 1.43. The van der Waals surface area contributed by atoms with E-state index < -0.39 is 29.0 Å². The van der Waals surface area contributed by atoms with Gasteiger partial charge in [0.15, 0.2) is 0 Å². The van der Waals surface area contributed by atoms with Gasteiger partial charge < -0.3 is 14.8 Å². The van der Waals surface area contributed by atoms with Crippen LogP contribution in [0, 0.1) is 3.57 Å². The van der Waals surface area contributed by atoms with Gasteiger partial charge in [-0.1, -0.05) is 0 Å². The van der Waals surface area contributed by atoms with E-state index in [4.69, 9.17) is 0 Å². The number of nitrogens with zero attached hydrogens (tertiary/aromatic N) is 2. The number of amides is 1. The lowest BCUT2D eigenvalue weighted by molar-refractivity contribution is -0.143. The van der Waals surface area contributed by atoms with E-state index in [1.54, 1.807) is 0 Å². The van der Waals surface area contributed by atoms with Crippen LogP contribution in [0.4, 0.5) is 32.0 Å². The maximum atomic E-state index is 13.2. The fourth-order valence-electron chi connectivity index (χ4n) is 4.85. The molecule has 1 spiro atoms. The van der Waals surface area contributed by atoms with Crippen LogP contribution >= 0.6 is 22.6 Å². The molecule has 35 heavy (non-hydrogen) atoms. The summed E-state index contributed by atoms with van der Waals surface area (Å²) in [7, 11) is 0. The average molecular weight is 605 g/mol. The van der Waals surface area contributed by atoms with Crippen LogP contribution in [0.3, 0.4) is 0 Å². The van der Waals surface area contributed by atoms with Gasteiger partial charge in [0.05, 0.1) is 34.5 Å². The molecule has 1 saturated heterocycles. The molecule has 2 aromatic carbocycles. The molecule has 3 heterocycles. The van der Waals surface area contributed by atoms with Crippen LogP contribution in [0.2, 0.25) is 0 Å². The first-order valence-electron chi connectivity index (χ1n) is 10.7. The summed E-state index contributed by atoms with van der Waals surface area (Å²) in [6, 6.07) is 11.2. The zero-order chi connectivity index (χ0) is 25.2. The Morgan fingerprint density at radius 1 is 0.971 bits per heavy atom. The molecule has 0 saturated carbocycles. The SMILES string of the molecule is O=C1CC2(CCN1Cc1cc(C(F)(F)F)cc(C(F)(F)F)c1)Nc1cc(I)ccc1-n1cccc12. The van der Waals surface area contributed by atoms with Gasteiger partial charge >= 0.3 is 12.4 Å². The first kappa shape index (κ1) is 24.0. The molecule has 3 aromatic rings. The Labute approximate surface area is 210 Å². The largest absolute Gasteiger partial charge is 0.416 e. The minimum atomic E-state index is -4.94. The number of piperidine rings is 1. The molecule has 1 N–H and O–H groups in total. The van der Waals surface area contributed by atoms with Crippen molar-refractivity contribution in [2.45, 2.75) is 37.3 Å². The van der Waals surface area contributed by atoms with E-state index in [-0.39, 0.29) is 37.0 Å². The molecular formula is C24H18F6IN3O. The van der Waals surface area contributed by atoms with E-state index in [0.717, 1.165) is 20.6 Å². The van der Waals surface area contributed by atoms with Crippen molar-refractivity contribution in [3.63, 3.8) is 0 Å². The van der Waals surface area contributed by atoms with Crippen LogP contribution < -0.4 is 5.32 Å². The molecule has 1 unspecified atom stereocenters. The number of carbonyl (C=O) groups is 1. The van der Waals surface area contributed by atoms with Gasteiger partial charge in [0, 0.05) is 28.6 Å². The molecule has 11 heteroatoms. The molecule has 184 valence electrons. The van der Waals surface area contributed by atoms with E-state index in [2.05, 4.69) is 27.9 Å². The minimum Gasteiger partial charge on any atom is -0.372 e. The predicted octanol–water partition coefficient (Wildman–Crippen LogP) is 6.56. The first-order chi connectivity index (χ1) is 16.4. The van der Waals surface area contributed by atoms with E-state index in [1.165, 1.54) is 4.90 Å². The van der Waals surface area contributed by atoms with Crippen molar-refractivity contribution in [1.82, 2.24) is 9.47 Å². The third kappa shape index (κ3) is 4.38. The number of aromatic nitrogens is 1. The van der Waals surface area contributed by atoms with Crippen molar-refractivity contribution >= 4 is 34.2 Å². The molecule has 2 aliphatic heterocycles. The highest BCUT2D eigenvalue weighted by atomic mass is 127. The molecule has 0 bridgehead atoms. The lowest BCUT2D eigenvalue weighted by atomic mass is 9.81. The fraction of sp³-hybridized carbons (Fsp3) is 0.292. The summed E-state index contributed by atoms with van der Waals surface area (Å²) >= 11 is 2.19. The van der Waals surface area contributed by atoms with Crippen molar-refractivity contribution in [3.8, 4) is 5.69 Å². The summed E-state index contributed by atoms with van der Waals surface area (Å²) in [5.41, 5.74) is -1.03. The molecule has 0 radical (unpaired) electrons. The van der Waals surface area contributed by atoms with Gasteiger partial charge in [0.1, 0.15) is 0 Å². The monoisotopic (exact) mass is 605 g/mol. The molecular weight excluding hydrogens is 587 g/mol. The summed E-state index contributed by atoms with van der Waals surface area (Å²) in [4.78, 5) is 14.5. The van der Waals surface area contributed by atoms with Crippen LogP contribution in [0.15, 0.2) is 54.7 Å². The number of anilines is 1. The van der Waals surface area contributed by atoms with Crippen LogP contribution in [-0.2, 0) is 29.2 Å². The Bertz CT molecular complexity index is 1280. The van der Waals surface area contributed by atoms with Crippen molar-refractivity contribution in [3.05, 3.63) is 80.7 Å². The van der Waals surface area contributed by atoms with Gasteiger partial charge in [-0.05, 0) is 83.1 Å². The Morgan fingerprint density at radius 3 is 2.29 bits per heavy atom. The maximum Gasteiger partial charge on any atom is 0.416 e. The summed E-state index contributed by atoms with van der Waals surface area (Å²) < 4.78 is 82.4. The maximum absolute atomic E-state index is 13.2. The fourth-order valence-corrected chi connectivity index (χ4v) is 5.34. The lowest BCUT2D eigenvalue weighted by Crippen LogP contribution is -2.52. The number of rotatable bonds is 2. The Hall–Kier alpha value is -2.70. The van der Waals surface area contributed by atoms with E-state index in [0.29, 0.717) is 18.6 Å². The van der Waals surface area contributed by atoms with Gasteiger partial charge in [-0.3, -0.25) is 4.79 Å². The topological polar surface area (TPSA) is 37.3 Å². The van der Waals surface area contributed by atoms with E-state index >= 15 is 0 Å².